The Bertz CT molecular complexity index is 424. The number of hydrogen-bond acceptors (Lipinski definition) is 4. The van der Waals surface area contributed by atoms with Gasteiger partial charge in [-0.2, -0.15) is 0 Å². The third kappa shape index (κ3) is 2.80. The Morgan fingerprint density at radius 1 is 1.44 bits per heavy atom. The Labute approximate surface area is 106 Å². The highest BCUT2D eigenvalue weighted by molar-refractivity contribution is 5.94. The lowest BCUT2D eigenvalue weighted by Crippen LogP contribution is -2.45. The van der Waals surface area contributed by atoms with Crippen molar-refractivity contribution in [3.8, 4) is 5.75 Å². The SMILES string of the molecule is CN(CC1(O)CCNC1)C(=O)c1ccc(O)cc1. The number of likely N-dealkylation sites (N-methyl/N-ethyl adjacent to an activating group) is 1. The van der Waals surface area contributed by atoms with Crippen LogP contribution in [0.15, 0.2) is 24.3 Å². The van der Waals surface area contributed by atoms with E-state index in [0.29, 0.717) is 25.1 Å². The van der Waals surface area contributed by atoms with E-state index >= 15 is 0 Å². The lowest BCUT2D eigenvalue weighted by Gasteiger charge is -2.28. The van der Waals surface area contributed by atoms with E-state index in [2.05, 4.69) is 5.32 Å². The number of carbonyl (C=O) groups is 1. The van der Waals surface area contributed by atoms with E-state index in [-0.39, 0.29) is 11.7 Å². The van der Waals surface area contributed by atoms with E-state index < -0.39 is 5.60 Å². The fraction of sp³-hybridized carbons (Fsp3) is 0.462. The van der Waals surface area contributed by atoms with E-state index in [1.807, 2.05) is 0 Å². The van der Waals surface area contributed by atoms with Crippen molar-refractivity contribution < 1.29 is 15.0 Å². The summed E-state index contributed by atoms with van der Waals surface area (Å²) in [6, 6.07) is 6.11. The molecule has 1 aromatic carbocycles. The molecule has 1 aliphatic rings. The zero-order valence-corrected chi connectivity index (χ0v) is 10.4. The number of amides is 1. The first-order valence-electron chi connectivity index (χ1n) is 5.98. The predicted octanol–water partition coefficient (Wildman–Crippen LogP) is 0.189. The standard InChI is InChI=1S/C13H18N2O3/c1-15(9-13(18)6-7-14-8-13)12(17)10-2-4-11(16)5-3-10/h2-5,14,16,18H,6-9H2,1H3. The van der Waals surface area contributed by atoms with E-state index in [4.69, 9.17) is 0 Å². The van der Waals surface area contributed by atoms with Crippen LogP contribution in [0.2, 0.25) is 0 Å². The van der Waals surface area contributed by atoms with E-state index in [9.17, 15) is 15.0 Å². The van der Waals surface area contributed by atoms with Crippen molar-refractivity contribution in [2.45, 2.75) is 12.0 Å². The molecule has 1 atom stereocenters. The number of aromatic hydroxyl groups is 1. The summed E-state index contributed by atoms with van der Waals surface area (Å²) in [5.74, 6) is -0.0249. The molecule has 0 radical (unpaired) electrons. The van der Waals surface area contributed by atoms with Crippen molar-refractivity contribution in [1.82, 2.24) is 10.2 Å². The van der Waals surface area contributed by atoms with Gasteiger partial charge in [-0.15, -0.1) is 0 Å². The smallest absolute Gasteiger partial charge is 0.253 e. The molecular formula is C13H18N2O3. The van der Waals surface area contributed by atoms with Crippen LogP contribution in [0.3, 0.4) is 0 Å². The molecule has 18 heavy (non-hydrogen) atoms. The minimum Gasteiger partial charge on any atom is -0.508 e. The molecule has 1 fully saturated rings. The largest absolute Gasteiger partial charge is 0.508 e. The van der Waals surface area contributed by atoms with Gasteiger partial charge in [0.1, 0.15) is 5.75 Å². The maximum atomic E-state index is 12.1. The Morgan fingerprint density at radius 3 is 2.67 bits per heavy atom. The Balaban J connectivity index is 2.02. The van der Waals surface area contributed by atoms with Crippen LogP contribution >= 0.6 is 0 Å². The minimum absolute atomic E-state index is 0.132. The number of phenolic OH excluding ortho intramolecular Hbond substituents is 1. The first-order chi connectivity index (χ1) is 8.50. The van der Waals surface area contributed by atoms with Gasteiger partial charge in [0.05, 0.1) is 12.1 Å². The molecule has 0 spiro atoms. The molecule has 1 aromatic rings. The van der Waals surface area contributed by atoms with Crippen LogP contribution in [0.4, 0.5) is 0 Å². The number of rotatable bonds is 3. The number of benzene rings is 1. The number of phenols is 1. The van der Waals surface area contributed by atoms with Gasteiger partial charge in [0.15, 0.2) is 0 Å². The molecular weight excluding hydrogens is 232 g/mol. The van der Waals surface area contributed by atoms with Crippen LogP contribution in [0.1, 0.15) is 16.8 Å². The van der Waals surface area contributed by atoms with Gasteiger partial charge in [-0.1, -0.05) is 0 Å². The molecule has 1 amide bonds. The molecule has 0 bridgehead atoms. The maximum Gasteiger partial charge on any atom is 0.253 e. The normalized spacial score (nSPS) is 23.0. The average molecular weight is 250 g/mol. The van der Waals surface area contributed by atoms with Crippen molar-refractivity contribution in [2.24, 2.45) is 0 Å². The highest BCUT2D eigenvalue weighted by Crippen LogP contribution is 2.17. The van der Waals surface area contributed by atoms with E-state index in [1.165, 1.54) is 17.0 Å². The molecule has 3 N–H and O–H groups in total. The lowest BCUT2D eigenvalue weighted by atomic mass is 10.0. The second-order valence-corrected chi connectivity index (χ2v) is 4.86. The molecule has 0 aliphatic carbocycles. The predicted molar refractivity (Wildman–Crippen MR) is 67.5 cm³/mol. The molecule has 5 nitrogen and oxygen atoms in total. The summed E-state index contributed by atoms with van der Waals surface area (Å²) in [6.45, 7) is 1.59. The number of nitrogens with zero attached hydrogens (tertiary/aromatic N) is 1. The van der Waals surface area contributed by atoms with Gasteiger partial charge < -0.3 is 20.4 Å². The first kappa shape index (κ1) is 12.9. The van der Waals surface area contributed by atoms with Gasteiger partial charge in [0.2, 0.25) is 0 Å². The number of carbonyl (C=O) groups excluding carboxylic acids is 1. The number of aliphatic hydroxyl groups is 1. The molecule has 1 aliphatic heterocycles. The van der Waals surface area contributed by atoms with E-state index in [1.54, 1.807) is 19.2 Å². The Hall–Kier alpha value is -1.59. The highest BCUT2D eigenvalue weighted by Gasteiger charge is 2.33. The van der Waals surface area contributed by atoms with Crippen LogP contribution in [0.25, 0.3) is 0 Å². The van der Waals surface area contributed by atoms with Gasteiger partial charge >= 0.3 is 0 Å². The van der Waals surface area contributed by atoms with Crippen molar-refractivity contribution in [1.29, 1.82) is 0 Å². The molecule has 98 valence electrons. The molecule has 5 heteroatoms. The third-order valence-corrected chi connectivity index (χ3v) is 3.21. The van der Waals surface area contributed by atoms with Crippen molar-refractivity contribution in [3.05, 3.63) is 29.8 Å². The zero-order chi connectivity index (χ0) is 13.2. The quantitative estimate of drug-likeness (QED) is 0.716. The summed E-state index contributed by atoms with van der Waals surface area (Å²) in [7, 11) is 1.67. The lowest BCUT2D eigenvalue weighted by molar-refractivity contribution is 0.0252. The third-order valence-electron chi connectivity index (χ3n) is 3.21. The van der Waals surface area contributed by atoms with Crippen LogP contribution in [0, 0.1) is 0 Å². The molecule has 0 saturated carbocycles. The molecule has 0 aromatic heterocycles. The number of nitrogens with one attached hydrogen (secondary N) is 1. The van der Waals surface area contributed by atoms with Gasteiger partial charge in [-0.3, -0.25) is 4.79 Å². The van der Waals surface area contributed by atoms with Crippen molar-refractivity contribution in [3.63, 3.8) is 0 Å². The maximum absolute atomic E-state index is 12.1. The second kappa shape index (κ2) is 4.96. The Morgan fingerprint density at radius 2 is 2.11 bits per heavy atom. The fourth-order valence-corrected chi connectivity index (χ4v) is 2.20. The minimum atomic E-state index is -0.832. The summed E-state index contributed by atoms with van der Waals surface area (Å²) in [5.41, 5.74) is -0.328. The van der Waals surface area contributed by atoms with Crippen LogP contribution in [-0.2, 0) is 0 Å². The summed E-state index contributed by atoms with van der Waals surface area (Å²) in [6.07, 6.45) is 0.653. The van der Waals surface area contributed by atoms with Crippen LogP contribution in [0.5, 0.6) is 5.75 Å². The van der Waals surface area contributed by atoms with Gasteiger partial charge in [0, 0.05) is 19.2 Å². The average Bonchev–Trinajstić information content (AvgIpc) is 2.76. The number of β-amino-alcohol motifs (C(OH)–C–C–N with tert-alkyl or cyclic N) is 1. The monoisotopic (exact) mass is 250 g/mol. The van der Waals surface area contributed by atoms with Crippen molar-refractivity contribution in [2.75, 3.05) is 26.7 Å². The molecule has 2 rings (SSSR count). The summed E-state index contributed by atoms with van der Waals surface area (Å²) in [5, 5.41) is 22.5. The summed E-state index contributed by atoms with van der Waals surface area (Å²) >= 11 is 0. The fourth-order valence-electron chi connectivity index (χ4n) is 2.20. The van der Waals surface area contributed by atoms with Gasteiger partial charge in [0.25, 0.3) is 5.91 Å². The first-order valence-corrected chi connectivity index (χ1v) is 5.98. The zero-order valence-electron chi connectivity index (χ0n) is 10.4. The van der Waals surface area contributed by atoms with Gasteiger partial charge in [-0.05, 0) is 37.2 Å². The van der Waals surface area contributed by atoms with Crippen LogP contribution < -0.4 is 5.32 Å². The van der Waals surface area contributed by atoms with Crippen molar-refractivity contribution >= 4 is 5.91 Å². The second-order valence-electron chi connectivity index (χ2n) is 4.86. The molecule has 1 unspecified atom stereocenters. The molecule has 1 saturated heterocycles. The van der Waals surface area contributed by atoms with Gasteiger partial charge in [-0.25, -0.2) is 0 Å². The number of hydrogen-bond donors (Lipinski definition) is 3. The Kier molecular flexibility index (Phi) is 3.54. The molecule has 1 heterocycles. The van der Waals surface area contributed by atoms with E-state index in [0.717, 1.165) is 6.54 Å². The topological polar surface area (TPSA) is 72.8 Å². The summed E-state index contributed by atoms with van der Waals surface area (Å²) in [4.78, 5) is 13.6. The van der Waals surface area contributed by atoms with Crippen LogP contribution in [-0.4, -0.2) is 53.3 Å². The summed E-state index contributed by atoms with van der Waals surface area (Å²) < 4.78 is 0. The highest BCUT2D eigenvalue weighted by atomic mass is 16.3.